The predicted octanol–water partition coefficient (Wildman–Crippen LogP) is 3.07. The highest BCUT2D eigenvalue weighted by molar-refractivity contribution is 5.86. The minimum atomic E-state index is -0.415. The number of nitrogens with one attached hydrogen (secondary N) is 1. The number of rotatable bonds is 6. The molecule has 0 saturated carbocycles. The fourth-order valence-corrected chi connectivity index (χ4v) is 3.17. The molecule has 0 spiro atoms. The molecule has 2 heterocycles. The molecule has 0 aliphatic rings. The smallest absolute Gasteiger partial charge is 0.244 e. The number of aromatic nitrogens is 2. The maximum atomic E-state index is 12.9. The Morgan fingerprint density at radius 1 is 1.38 bits per heavy atom. The summed E-state index contributed by atoms with van der Waals surface area (Å²) in [6.45, 7) is 2.58. The summed E-state index contributed by atoms with van der Waals surface area (Å²) in [5, 5.41) is 8.32. The van der Waals surface area contributed by atoms with Crippen molar-refractivity contribution in [1.82, 2.24) is 20.0 Å². The van der Waals surface area contributed by atoms with Crippen LogP contribution in [0.3, 0.4) is 0 Å². The van der Waals surface area contributed by atoms with Gasteiger partial charge in [0.1, 0.15) is 17.4 Å². The number of benzene rings is 1. The van der Waals surface area contributed by atoms with E-state index in [-0.39, 0.29) is 18.3 Å². The lowest BCUT2D eigenvalue weighted by atomic mass is 10.1. The van der Waals surface area contributed by atoms with Crippen molar-refractivity contribution in [1.29, 1.82) is 0 Å². The molecule has 1 aromatic carbocycles. The van der Waals surface area contributed by atoms with Crippen molar-refractivity contribution in [3.63, 3.8) is 0 Å². The lowest BCUT2D eigenvalue weighted by Gasteiger charge is -2.23. The van der Waals surface area contributed by atoms with E-state index in [0.29, 0.717) is 6.54 Å². The molecule has 140 valence electrons. The summed E-state index contributed by atoms with van der Waals surface area (Å²) in [5.74, 6) is 0.936. The second-order valence-corrected chi connectivity index (χ2v) is 6.22. The molecule has 0 aliphatic heterocycles. The van der Waals surface area contributed by atoms with E-state index in [9.17, 15) is 4.79 Å². The Morgan fingerprint density at radius 3 is 2.73 bits per heavy atom. The van der Waals surface area contributed by atoms with Gasteiger partial charge in [0.25, 0.3) is 0 Å². The van der Waals surface area contributed by atoms with Crippen molar-refractivity contribution in [3.8, 4) is 0 Å². The monoisotopic (exact) mass is 376 g/mol. The summed E-state index contributed by atoms with van der Waals surface area (Å²) in [5.41, 5.74) is 2.80. The lowest BCUT2D eigenvalue weighted by Crippen LogP contribution is -2.37. The maximum absolute atomic E-state index is 12.9. The minimum absolute atomic E-state index is 0. The average Bonchev–Trinajstić information content (AvgIpc) is 3.19. The Bertz CT molecular complexity index is 887. The van der Waals surface area contributed by atoms with Crippen LogP contribution in [0.25, 0.3) is 11.0 Å². The number of furan rings is 1. The summed E-state index contributed by atoms with van der Waals surface area (Å²) in [6, 6.07) is 7.55. The van der Waals surface area contributed by atoms with Gasteiger partial charge in [-0.05, 0) is 13.1 Å². The summed E-state index contributed by atoms with van der Waals surface area (Å²) in [4.78, 5) is 14.7. The van der Waals surface area contributed by atoms with Crippen molar-refractivity contribution < 1.29 is 9.21 Å². The number of hydrogen-bond acceptors (Lipinski definition) is 4. The summed E-state index contributed by atoms with van der Waals surface area (Å²) >= 11 is 0. The zero-order chi connectivity index (χ0) is 18.0. The molecular weight excluding hydrogens is 352 g/mol. The van der Waals surface area contributed by atoms with E-state index in [1.165, 1.54) is 0 Å². The normalized spacial score (nSPS) is 12.0. The number of hydrogen-bond donors (Lipinski definition) is 1. The SMILES string of the molecule is CCc1oc2ccccc2c1CN(C)C(=O)C(NC)c1cnn(C)c1.Cl. The quantitative estimate of drug-likeness (QED) is 0.718. The van der Waals surface area contributed by atoms with Gasteiger partial charge < -0.3 is 14.6 Å². The molecule has 0 radical (unpaired) electrons. The molecule has 6 nitrogen and oxygen atoms in total. The van der Waals surface area contributed by atoms with E-state index in [0.717, 1.165) is 34.3 Å². The van der Waals surface area contributed by atoms with Crippen molar-refractivity contribution in [2.45, 2.75) is 25.9 Å². The van der Waals surface area contributed by atoms with Gasteiger partial charge in [0.2, 0.25) is 5.91 Å². The van der Waals surface area contributed by atoms with E-state index < -0.39 is 6.04 Å². The van der Waals surface area contributed by atoms with Crippen LogP contribution in [-0.2, 0) is 24.8 Å². The topological polar surface area (TPSA) is 63.3 Å². The Morgan fingerprint density at radius 2 is 2.12 bits per heavy atom. The van der Waals surface area contributed by atoms with Gasteiger partial charge >= 0.3 is 0 Å². The molecule has 1 atom stereocenters. The highest BCUT2D eigenvalue weighted by Gasteiger charge is 2.25. The molecule has 2 aromatic heterocycles. The average molecular weight is 377 g/mol. The van der Waals surface area contributed by atoms with Crippen molar-refractivity contribution in [2.24, 2.45) is 7.05 Å². The zero-order valence-corrected chi connectivity index (χ0v) is 16.3. The van der Waals surface area contributed by atoms with Gasteiger partial charge in [-0.1, -0.05) is 25.1 Å². The number of halogens is 1. The zero-order valence-electron chi connectivity index (χ0n) is 15.5. The van der Waals surface area contributed by atoms with Gasteiger partial charge in [0, 0.05) is 49.8 Å². The molecule has 3 aromatic rings. The second kappa shape index (κ2) is 8.38. The highest BCUT2D eigenvalue weighted by atomic mass is 35.5. The molecule has 0 aliphatic carbocycles. The summed E-state index contributed by atoms with van der Waals surface area (Å²) in [7, 11) is 5.45. The number of carbonyl (C=O) groups is 1. The van der Waals surface area contributed by atoms with Gasteiger partial charge in [-0.15, -0.1) is 12.4 Å². The number of fused-ring (bicyclic) bond motifs is 1. The van der Waals surface area contributed by atoms with Gasteiger partial charge in [-0.3, -0.25) is 9.48 Å². The van der Waals surface area contributed by atoms with Crippen LogP contribution >= 0.6 is 12.4 Å². The third-order valence-corrected chi connectivity index (χ3v) is 4.47. The second-order valence-electron chi connectivity index (χ2n) is 6.22. The molecule has 7 heteroatoms. The highest BCUT2D eigenvalue weighted by Crippen LogP contribution is 2.28. The van der Waals surface area contributed by atoms with Crippen LogP contribution in [-0.4, -0.2) is 34.7 Å². The van der Waals surface area contributed by atoms with E-state index in [4.69, 9.17) is 4.42 Å². The van der Waals surface area contributed by atoms with Crippen molar-refractivity contribution >= 4 is 29.3 Å². The number of carbonyl (C=O) groups excluding carboxylic acids is 1. The van der Waals surface area contributed by atoms with E-state index in [1.807, 2.05) is 44.6 Å². The largest absolute Gasteiger partial charge is 0.461 e. The molecule has 0 saturated heterocycles. The van der Waals surface area contributed by atoms with Crippen LogP contribution < -0.4 is 5.32 Å². The van der Waals surface area contributed by atoms with E-state index in [2.05, 4.69) is 17.3 Å². The van der Waals surface area contributed by atoms with Crippen molar-refractivity contribution in [3.05, 3.63) is 53.5 Å². The van der Waals surface area contributed by atoms with Gasteiger partial charge in [-0.25, -0.2) is 0 Å². The number of amides is 1. The molecule has 0 fully saturated rings. The number of aryl methyl sites for hydroxylation is 2. The van der Waals surface area contributed by atoms with Crippen molar-refractivity contribution in [2.75, 3.05) is 14.1 Å². The first-order valence-corrected chi connectivity index (χ1v) is 8.45. The molecule has 1 amide bonds. The van der Waals surface area contributed by atoms with Crippen LogP contribution in [0.2, 0.25) is 0 Å². The number of para-hydroxylation sites is 1. The molecule has 26 heavy (non-hydrogen) atoms. The third kappa shape index (κ3) is 3.76. The van der Waals surface area contributed by atoms with Crippen LogP contribution in [0, 0.1) is 0 Å². The van der Waals surface area contributed by atoms with E-state index >= 15 is 0 Å². The summed E-state index contributed by atoms with van der Waals surface area (Å²) < 4.78 is 7.64. The molecule has 3 rings (SSSR count). The first-order chi connectivity index (χ1) is 12.0. The Kier molecular flexibility index (Phi) is 6.45. The van der Waals surface area contributed by atoms with Crippen LogP contribution in [0.15, 0.2) is 41.1 Å². The Hall–Kier alpha value is -2.31. The predicted molar refractivity (Wildman–Crippen MR) is 104 cm³/mol. The molecule has 1 unspecified atom stereocenters. The van der Waals surface area contributed by atoms with Crippen LogP contribution in [0.1, 0.15) is 29.9 Å². The number of likely N-dealkylation sites (N-methyl/N-ethyl adjacent to an activating group) is 2. The fourth-order valence-electron chi connectivity index (χ4n) is 3.17. The molecular formula is C19H25ClN4O2. The lowest BCUT2D eigenvalue weighted by molar-refractivity contribution is -0.132. The van der Waals surface area contributed by atoms with Gasteiger partial charge in [0.05, 0.1) is 6.20 Å². The van der Waals surface area contributed by atoms with Gasteiger partial charge in [0.15, 0.2) is 0 Å². The third-order valence-electron chi connectivity index (χ3n) is 4.47. The minimum Gasteiger partial charge on any atom is -0.461 e. The fraction of sp³-hybridized carbons (Fsp3) is 0.368. The first kappa shape index (κ1) is 20.0. The molecule has 0 bridgehead atoms. The standard InChI is InChI=1S/C19H24N4O2.ClH/c1-5-16-15(14-8-6-7-9-17(14)25-16)12-22(3)19(24)18(20-2)13-10-21-23(4)11-13;/h6-11,18,20H,5,12H2,1-4H3;1H. The van der Waals surface area contributed by atoms with Crippen LogP contribution in [0.5, 0.6) is 0 Å². The first-order valence-electron chi connectivity index (χ1n) is 8.45. The maximum Gasteiger partial charge on any atom is 0.244 e. The summed E-state index contributed by atoms with van der Waals surface area (Å²) in [6.07, 6.45) is 4.37. The van der Waals surface area contributed by atoms with Crippen LogP contribution in [0.4, 0.5) is 0 Å². The van der Waals surface area contributed by atoms with E-state index in [1.54, 1.807) is 22.8 Å². The molecule has 1 N–H and O–H groups in total. The Labute approximate surface area is 159 Å². The number of nitrogens with zero attached hydrogens (tertiary/aromatic N) is 3. The Balaban J connectivity index is 0.00000243. The van der Waals surface area contributed by atoms with Gasteiger partial charge in [-0.2, -0.15) is 5.10 Å².